The van der Waals surface area contributed by atoms with E-state index in [0.29, 0.717) is 6.04 Å². The maximum atomic E-state index is 9.22. The van der Waals surface area contributed by atoms with Crippen LogP contribution < -0.4 is 5.73 Å². The highest BCUT2D eigenvalue weighted by Gasteiger charge is 2.14. The number of nitrogens with two attached hydrogens (primary N) is 1. The lowest BCUT2D eigenvalue weighted by atomic mass is 10.1. The molecule has 2 N–H and O–H groups in total. The summed E-state index contributed by atoms with van der Waals surface area (Å²) < 4.78 is 32.2. The van der Waals surface area contributed by atoms with E-state index < -0.39 is 10.4 Å². The van der Waals surface area contributed by atoms with E-state index in [-0.39, 0.29) is 0 Å². The van der Waals surface area contributed by atoms with Crippen molar-refractivity contribution in [1.29, 1.82) is 0 Å². The molecule has 0 rings (SSSR count). The average molecular weight is 397 g/mol. The van der Waals surface area contributed by atoms with Gasteiger partial charge in [0.25, 0.3) is 0 Å². The summed E-state index contributed by atoms with van der Waals surface area (Å²) in [6.45, 7) is 6.92. The van der Waals surface area contributed by atoms with E-state index in [0.717, 1.165) is 18.0 Å². The third-order valence-corrected chi connectivity index (χ3v) is 4.92. The SMILES string of the molecule is CCCCCCCCCCCC[N+](C)(C)CCC(C)N.COS(=O)(=O)[O-]. The van der Waals surface area contributed by atoms with Crippen molar-refractivity contribution in [3.8, 4) is 0 Å². The van der Waals surface area contributed by atoms with Gasteiger partial charge in [-0.25, -0.2) is 8.42 Å². The molecule has 0 fully saturated rings. The van der Waals surface area contributed by atoms with Crippen molar-refractivity contribution in [2.45, 2.75) is 90.5 Å². The molecule has 0 bridgehead atoms. The first-order valence-corrected chi connectivity index (χ1v) is 11.5. The first kappa shape index (κ1) is 28.0. The Morgan fingerprint density at radius 1 is 0.923 bits per heavy atom. The van der Waals surface area contributed by atoms with Gasteiger partial charge in [-0.3, -0.25) is 4.18 Å². The van der Waals surface area contributed by atoms with Gasteiger partial charge in [-0.05, 0) is 19.8 Å². The van der Waals surface area contributed by atoms with Crippen LogP contribution in [-0.2, 0) is 14.6 Å². The number of hydrogen-bond acceptors (Lipinski definition) is 5. The summed E-state index contributed by atoms with van der Waals surface area (Å²) in [5, 5.41) is 0. The number of quaternary nitrogens is 1. The lowest BCUT2D eigenvalue weighted by Gasteiger charge is -2.30. The van der Waals surface area contributed by atoms with Crippen LogP contribution in [0.4, 0.5) is 0 Å². The van der Waals surface area contributed by atoms with Crippen LogP contribution in [0.2, 0.25) is 0 Å². The fraction of sp³-hybridized carbons (Fsp3) is 1.00. The van der Waals surface area contributed by atoms with Crippen molar-refractivity contribution in [1.82, 2.24) is 0 Å². The zero-order valence-corrected chi connectivity index (χ0v) is 18.7. The summed E-state index contributed by atoms with van der Waals surface area (Å²) in [4.78, 5) is 0. The second-order valence-corrected chi connectivity index (χ2v) is 9.06. The average Bonchev–Trinajstić information content (AvgIpc) is 2.55. The summed E-state index contributed by atoms with van der Waals surface area (Å²) in [6.07, 6.45) is 15.4. The molecule has 0 aliphatic carbocycles. The van der Waals surface area contributed by atoms with Gasteiger partial charge in [0.2, 0.25) is 10.4 Å². The molecule has 0 aromatic heterocycles. The smallest absolute Gasteiger partial charge is 0.217 e. The third-order valence-electron chi connectivity index (χ3n) is 4.51. The Morgan fingerprint density at radius 2 is 1.31 bits per heavy atom. The van der Waals surface area contributed by atoms with Gasteiger partial charge in [0, 0.05) is 12.5 Å². The molecule has 0 aromatic rings. The molecule has 6 nitrogen and oxygen atoms in total. The maximum absolute atomic E-state index is 9.22. The first-order chi connectivity index (χ1) is 12.0. The molecule has 0 saturated heterocycles. The molecule has 7 heteroatoms. The highest BCUT2D eigenvalue weighted by atomic mass is 32.3. The molecule has 0 amide bonds. The molecule has 0 saturated carbocycles. The van der Waals surface area contributed by atoms with Crippen molar-refractivity contribution in [3.05, 3.63) is 0 Å². The molecule has 160 valence electrons. The summed E-state index contributed by atoms with van der Waals surface area (Å²) in [5.41, 5.74) is 5.84. The van der Waals surface area contributed by atoms with E-state index in [9.17, 15) is 13.0 Å². The quantitative estimate of drug-likeness (QED) is 0.197. The Balaban J connectivity index is 0. The zero-order valence-electron chi connectivity index (χ0n) is 17.8. The predicted molar refractivity (Wildman–Crippen MR) is 109 cm³/mol. The zero-order chi connectivity index (χ0) is 20.5. The van der Waals surface area contributed by atoms with Crippen molar-refractivity contribution in [2.75, 3.05) is 34.3 Å². The number of hydrogen-bond donors (Lipinski definition) is 1. The van der Waals surface area contributed by atoms with E-state index in [1.165, 1.54) is 77.3 Å². The van der Waals surface area contributed by atoms with Crippen LogP contribution >= 0.6 is 0 Å². The van der Waals surface area contributed by atoms with Crippen LogP contribution in [0.1, 0.15) is 84.5 Å². The van der Waals surface area contributed by atoms with E-state index in [1.807, 2.05) is 0 Å². The van der Waals surface area contributed by atoms with Crippen molar-refractivity contribution < 1.29 is 21.6 Å². The van der Waals surface area contributed by atoms with Crippen LogP contribution in [0.5, 0.6) is 0 Å². The molecule has 0 spiro atoms. The van der Waals surface area contributed by atoms with Gasteiger partial charge in [-0.1, -0.05) is 58.3 Å². The first-order valence-electron chi connectivity index (χ1n) is 10.1. The lowest BCUT2D eigenvalue weighted by molar-refractivity contribution is -0.890. The van der Waals surface area contributed by atoms with Gasteiger partial charge in [0.15, 0.2) is 0 Å². The summed E-state index contributed by atoms with van der Waals surface area (Å²) in [7, 11) is 1.08. The Morgan fingerprint density at radius 3 is 1.65 bits per heavy atom. The van der Waals surface area contributed by atoms with Crippen LogP contribution in [-0.4, -0.2) is 57.8 Å². The van der Waals surface area contributed by atoms with E-state index in [1.54, 1.807) is 0 Å². The monoisotopic (exact) mass is 396 g/mol. The highest BCUT2D eigenvalue weighted by molar-refractivity contribution is 7.80. The minimum atomic E-state index is -4.41. The highest BCUT2D eigenvalue weighted by Crippen LogP contribution is 2.12. The van der Waals surface area contributed by atoms with Gasteiger partial charge in [-0.15, -0.1) is 0 Å². The van der Waals surface area contributed by atoms with E-state index in [2.05, 4.69) is 32.1 Å². The number of unbranched alkanes of at least 4 members (excludes halogenated alkanes) is 9. The molecular formula is C19H44N2O4S. The molecule has 0 aromatic carbocycles. The molecule has 0 heterocycles. The maximum Gasteiger partial charge on any atom is 0.217 e. The molecule has 1 atom stereocenters. The van der Waals surface area contributed by atoms with Gasteiger partial charge in [0.1, 0.15) is 0 Å². The van der Waals surface area contributed by atoms with E-state index >= 15 is 0 Å². The lowest BCUT2D eigenvalue weighted by Crippen LogP contribution is -2.43. The minimum absolute atomic E-state index is 0.347. The summed E-state index contributed by atoms with van der Waals surface area (Å²) in [6, 6.07) is 0.347. The second kappa shape index (κ2) is 16.9. The standard InChI is InChI=1S/C18H41N2.CH4O4S/c1-5-6-7-8-9-10-11-12-13-14-16-20(3,4)17-15-18(2)19;1-5-6(2,3)4/h18H,5-17,19H2,1-4H3;1H3,(H,2,3,4)/q+1;/p-1. The topological polar surface area (TPSA) is 92.5 Å². The summed E-state index contributed by atoms with van der Waals surface area (Å²) >= 11 is 0. The van der Waals surface area contributed by atoms with Crippen LogP contribution in [0.15, 0.2) is 0 Å². The van der Waals surface area contributed by atoms with Gasteiger partial charge in [-0.2, -0.15) is 0 Å². The predicted octanol–water partition coefficient (Wildman–Crippen LogP) is 3.81. The van der Waals surface area contributed by atoms with Crippen LogP contribution in [0.3, 0.4) is 0 Å². The molecule has 0 aliphatic rings. The van der Waals surface area contributed by atoms with Crippen molar-refractivity contribution >= 4 is 10.4 Å². The van der Waals surface area contributed by atoms with Crippen LogP contribution in [0.25, 0.3) is 0 Å². The summed E-state index contributed by atoms with van der Waals surface area (Å²) in [5.74, 6) is 0. The van der Waals surface area contributed by atoms with Crippen molar-refractivity contribution in [3.63, 3.8) is 0 Å². The Labute approximate surface area is 163 Å². The number of rotatable bonds is 15. The molecule has 0 aliphatic heterocycles. The molecule has 0 radical (unpaired) electrons. The normalized spacial score (nSPS) is 13.2. The van der Waals surface area contributed by atoms with Gasteiger partial charge in [0.05, 0.1) is 34.3 Å². The molecule has 1 unspecified atom stereocenters. The minimum Gasteiger partial charge on any atom is -0.726 e. The third kappa shape index (κ3) is 26.0. The van der Waals surface area contributed by atoms with Crippen molar-refractivity contribution in [2.24, 2.45) is 5.73 Å². The molecule has 26 heavy (non-hydrogen) atoms. The number of nitrogens with zero attached hydrogens (tertiary/aromatic N) is 1. The van der Waals surface area contributed by atoms with Crippen LogP contribution in [0, 0.1) is 0 Å². The molecular weight excluding hydrogens is 352 g/mol. The Bertz CT molecular complexity index is 398. The van der Waals surface area contributed by atoms with Gasteiger partial charge >= 0.3 is 0 Å². The second-order valence-electron chi connectivity index (χ2n) is 7.91. The fourth-order valence-corrected chi connectivity index (χ4v) is 2.69. The Kier molecular flexibility index (Phi) is 18.2. The fourth-order valence-electron chi connectivity index (χ4n) is 2.69. The van der Waals surface area contributed by atoms with E-state index in [4.69, 9.17) is 5.73 Å². The Hall–Kier alpha value is -0.210. The largest absolute Gasteiger partial charge is 0.726 e. The van der Waals surface area contributed by atoms with Gasteiger partial charge < -0.3 is 14.8 Å².